The molecule has 4 rings (SSSR count). The first-order valence-corrected chi connectivity index (χ1v) is 14.8. The van der Waals surface area contributed by atoms with Crippen molar-refractivity contribution >= 4 is 49.2 Å². The average Bonchev–Trinajstić information content (AvgIpc) is 3.20. The Labute approximate surface area is 208 Å². The van der Waals surface area contributed by atoms with Gasteiger partial charge in [-0.2, -0.15) is 9.30 Å². The summed E-state index contributed by atoms with van der Waals surface area (Å²) in [6, 6.07) is 12.6. The summed E-state index contributed by atoms with van der Waals surface area (Å²) < 4.78 is 36.1. The van der Waals surface area contributed by atoms with Gasteiger partial charge in [0.05, 0.1) is 28.1 Å². The maximum absolute atomic E-state index is 13.2. The molecule has 1 atom stereocenters. The van der Waals surface area contributed by atoms with E-state index < -0.39 is 15.9 Å². The van der Waals surface area contributed by atoms with Crippen molar-refractivity contribution in [3.63, 3.8) is 0 Å². The summed E-state index contributed by atoms with van der Waals surface area (Å²) in [5.41, 5.74) is 1.07. The summed E-state index contributed by atoms with van der Waals surface area (Å²) in [7, 11) is -2.15. The molecule has 0 bridgehead atoms. The third kappa shape index (κ3) is 5.10. The topological polar surface area (TPSA) is 81.0 Å². The van der Waals surface area contributed by atoms with E-state index in [1.807, 2.05) is 6.26 Å². The molecule has 0 spiro atoms. The van der Waals surface area contributed by atoms with Crippen LogP contribution in [0.25, 0.3) is 10.2 Å². The molecule has 3 aromatic rings. The van der Waals surface area contributed by atoms with Crippen LogP contribution >= 0.6 is 23.1 Å². The Balaban J connectivity index is 1.60. The molecule has 1 saturated heterocycles. The zero-order chi connectivity index (χ0) is 24.3. The lowest BCUT2D eigenvalue weighted by atomic mass is 9.99. The summed E-state index contributed by atoms with van der Waals surface area (Å²) >= 11 is 3.19. The van der Waals surface area contributed by atoms with Gasteiger partial charge < -0.3 is 9.30 Å². The Morgan fingerprint density at radius 3 is 2.68 bits per heavy atom. The molecule has 0 aliphatic carbocycles. The second-order valence-electron chi connectivity index (χ2n) is 8.20. The third-order valence-electron chi connectivity index (χ3n) is 5.97. The average molecular weight is 520 g/mol. The van der Waals surface area contributed by atoms with E-state index in [-0.39, 0.29) is 17.3 Å². The van der Waals surface area contributed by atoms with Crippen molar-refractivity contribution in [3.05, 3.63) is 47.3 Å². The highest BCUT2D eigenvalue weighted by Crippen LogP contribution is 2.27. The lowest BCUT2D eigenvalue weighted by molar-refractivity contribution is -0.122. The molecule has 1 unspecified atom stereocenters. The fourth-order valence-corrected chi connectivity index (χ4v) is 7.29. The molecule has 1 fully saturated rings. The van der Waals surface area contributed by atoms with E-state index in [9.17, 15) is 13.2 Å². The first kappa shape index (κ1) is 25.0. The van der Waals surface area contributed by atoms with Gasteiger partial charge in [0.25, 0.3) is 5.91 Å². The van der Waals surface area contributed by atoms with Crippen molar-refractivity contribution in [2.75, 3.05) is 26.5 Å². The third-order valence-corrected chi connectivity index (χ3v) is 9.62. The number of carbonyl (C=O) groups excluding carboxylic acids is 1. The molecule has 7 nitrogen and oxygen atoms in total. The number of hydrogen-bond acceptors (Lipinski definition) is 6. The van der Waals surface area contributed by atoms with Crippen LogP contribution in [-0.4, -0.2) is 49.7 Å². The van der Waals surface area contributed by atoms with Crippen LogP contribution in [0.1, 0.15) is 26.2 Å². The molecule has 0 N–H and O–H groups in total. The van der Waals surface area contributed by atoms with E-state index in [1.54, 1.807) is 23.9 Å². The van der Waals surface area contributed by atoms with Crippen molar-refractivity contribution in [3.8, 4) is 5.75 Å². The monoisotopic (exact) mass is 519 g/mol. The van der Waals surface area contributed by atoms with Crippen molar-refractivity contribution in [1.29, 1.82) is 0 Å². The largest absolute Gasteiger partial charge is 0.497 e. The van der Waals surface area contributed by atoms with Gasteiger partial charge in [0.15, 0.2) is 4.80 Å². The predicted molar refractivity (Wildman–Crippen MR) is 137 cm³/mol. The minimum atomic E-state index is -3.69. The molecule has 1 aromatic heterocycles. The summed E-state index contributed by atoms with van der Waals surface area (Å²) in [5, 5.41) is 0. The van der Waals surface area contributed by atoms with Crippen molar-refractivity contribution in [1.82, 2.24) is 8.87 Å². The number of aryl methyl sites for hydroxylation is 1. The molecular formula is C24H29N3O4S3. The molecular weight excluding hydrogens is 490 g/mol. The molecule has 10 heteroatoms. The van der Waals surface area contributed by atoms with Gasteiger partial charge in [0, 0.05) is 24.5 Å². The Morgan fingerprint density at radius 1 is 1.24 bits per heavy atom. The highest BCUT2D eigenvalue weighted by atomic mass is 32.2. The van der Waals surface area contributed by atoms with Crippen molar-refractivity contribution < 1.29 is 17.9 Å². The minimum absolute atomic E-state index is 0.145. The molecule has 1 amide bonds. The number of amides is 1. The number of fused-ring (bicyclic) bond motifs is 1. The molecule has 0 radical (unpaired) electrons. The number of thiazole rings is 1. The van der Waals surface area contributed by atoms with Crippen molar-refractivity contribution in [2.45, 2.75) is 42.5 Å². The lowest BCUT2D eigenvalue weighted by Crippen LogP contribution is -2.42. The Hall–Kier alpha value is -2.14. The molecule has 1 aliphatic heterocycles. The fraction of sp³-hybridized carbons (Fsp3) is 0.417. The van der Waals surface area contributed by atoms with Crippen LogP contribution in [0, 0.1) is 5.92 Å². The van der Waals surface area contributed by atoms with E-state index in [2.05, 4.69) is 34.7 Å². The number of piperidine rings is 1. The van der Waals surface area contributed by atoms with Crippen LogP contribution < -0.4 is 9.54 Å². The van der Waals surface area contributed by atoms with Gasteiger partial charge in [-0.15, -0.1) is 11.8 Å². The summed E-state index contributed by atoms with van der Waals surface area (Å²) in [6.07, 6.45) is 4.22. The van der Waals surface area contributed by atoms with Gasteiger partial charge in [-0.05, 0) is 68.0 Å². The summed E-state index contributed by atoms with van der Waals surface area (Å²) in [5.74, 6) is -0.113. The number of thioether (sulfide) groups is 1. The Morgan fingerprint density at radius 2 is 2.00 bits per heavy atom. The fourth-order valence-electron chi connectivity index (χ4n) is 4.15. The maximum atomic E-state index is 13.2. The molecule has 1 aliphatic rings. The van der Waals surface area contributed by atoms with Crippen molar-refractivity contribution in [2.24, 2.45) is 10.9 Å². The number of benzene rings is 2. The van der Waals surface area contributed by atoms with E-state index in [4.69, 9.17) is 4.74 Å². The summed E-state index contributed by atoms with van der Waals surface area (Å²) in [4.78, 5) is 19.8. The van der Waals surface area contributed by atoms with E-state index >= 15 is 0 Å². The highest BCUT2D eigenvalue weighted by molar-refractivity contribution is 7.98. The Kier molecular flexibility index (Phi) is 7.81. The zero-order valence-corrected chi connectivity index (χ0v) is 22.0. The first-order chi connectivity index (χ1) is 16.4. The SMILES string of the molecule is CCCn1c(=NC(=O)C2CCCN(S(=O)(=O)c3ccc(OC)cc3)C2)sc2cc(SC)ccc21. The number of hydrogen-bond donors (Lipinski definition) is 0. The summed E-state index contributed by atoms with van der Waals surface area (Å²) in [6.45, 7) is 3.41. The van der Waals surface area contributed by atoms with Crippen LogP contribution in [0.15, 0.2) is 57.2 Å². The second kappa shape index (κ2) is 10.6. The van der Waals surface area contributed by atoms with E-state index in [0.29, 0.717) is 29.9 Å². The van der Waals surface area contributed by atoms with E-state index in [1.165, 1.54) is 39.8 Å². The first-order valence-electron chi connectivity index (χ1n) is 11.3. The number of aromatic nitrogens is 1. The molecule has 34 heavy (non-hydrogen) atoms. The number of rotatable bonds is 7. The zero-order valence-electron chi connectivity index (χ0n) is 19.6. The molecule has 0 saturated carbocycles. The number of sulfonamides is 1. The van der Waals surface area contributed by atoms with Crippen LogP contribution in [0.3, 0.4) is 0 Å². The van der Waals surface area contributed by atoms with Crippen LogP contribution in [-0.2, 0) is 21.4 Å². The lowest BCUT2D eigenvalue weighted by Gasteiger charge is -2.30. The van der Waals surface area contributed by atoms with Gasteiger partial charge >= 0.3 is 0 Å². The number of carbonyl (C=O) groups is 1. The van der Waals surface area contributed by atoms with Gasteiger partial charge in [-0.1, -0.05) is 18.3 Å². The quantitative estimate of drug-likeness (QED) is 0.433. The smallest absolute Gasteiger partial charge is 0.252 e. The van der Waals surface area contributed by atoms with Gasteiger partial charge in [0.2, 0.25) is 10.0 Å². The normalized spacial score (nSPS) is 17.9. The van der Waals surface area contributed by atoms with Crippen LogP contribution in [0.5, 0.6) is 5.75 Å². The molecule has 182 valence electrons. The Bertz CT molecular complexity index is 1340. The van der Waals surface area contributed by atoms with Gasteiger partial charge in [-0.25, -0.2) is 8.42 Å². The van der Waals surface area contributed by atoms with Crippen LogP contribution in [0.4, 0.5) is 0 Å². The van der Waals surface area contributed by atoms with Gasteiger partial charge in [0.1, 0.15) is 5.75 Å². The molecule has 2 aromatic carbocycles. The number of methoxy groups -OCH3 is 1. The highest BCUT2D eigenvalue weighted by Gasteiger charge is 2.33. The predicted octanol–water partition coefficient (Wildman–Crippen LogP) is 4.37. The van der Waals surface area contributed by atoms with Crippen LogP contribution in [0.2, 0.25) is 0 Å². The second-order valence-corrected chi connectivity index (χ2v) is 12.0. The molecule has 2 heterocycles. The standard InChI is InChI=1S/C24H29N3O4S3/c1-4-13-27-21-12-9-19(32-3)15-22(21)33-24(27)25-23(28)17-6-5-14-26(16-17)34(29,30)20-10-7-18(31-2)8-11-20/h7-12,15,17H,4-6,13-14,16H2,1-3H3. The van der Waals surface area contributed by atoms with Gasteiger partial charge in [-0.3, -0.25) is 4.79 Å². The number of nitrogens with zero attached hydrogens (tertiary/aromatic N) is 3. The maximum Gasteiger partial charge on any atom is 0.252 e. The minimum Gasteiger partial charge on any atom is -0.497 e. The van der Waals surface area contributed by atoms with E-state index in [0.717, 1.165) is 23.2 Å². The number of ether oxygens (including phenoxy) is 1.